The van der Waals surface area contributed by atoms with Crippen LogP contribution in [-0.4, -0.2) is 32.8 Å². The highest BCUT2D eigenvalue weighted by molar-refractivity contribution is 5.57. The molecular formula is C13H18N2O2. The predicted molar refractivity (Wildman–Crippen MR) is 66.8 cm³/mol. The van der Waals surface area contributed by atoms with Crippen LogP contribution >= 0.6 is 0 Å². The van der Waals surface area contributed by atoms with Gasteiger partial charge in [-0.3, -0.25) is 0 Å². The van der Waals surface area contributed by atoms with Crippen LogP contribution in [0.2, 0.25) is 0 Å². The minimum Gasteiger partial charge on any atom is -0.486 e. The van der Waals surface area contributed by atoms with Gasteiger partial charge in [-0.15, -0.1) is 0 Å². The molecule has 0 radical (unpaired) electrons. The first kappa shape index (κ1) is 10.7. The van der Waals surface area contributed by atoms with Crippen molar-refractivity contribution in [1.29, 1.82) is 0 Å². The summed E-state index contributed by atoms with van der Waals surface area (Å²) in [6.07, 6.45) is 1.19. The van der Waals surface area contributed by atoms with E-state index in [0.717, 1.165) is 31.1 Å². The third-order valence-corrected chi connectivity index (χ3v) is 3.51. The van der Waals surface area contributed by atoms with E-state index in [2.05, 4.69) is 17.0 Å². The fraction of sp³-hybridized carbons (Fsp3) is 0.538. The van der Waals surface area contributed by atoms with Crippen LogP contribution in [0, 0.1) is 5.92 Å². The molecule has 1 saturated heterocycles. The second-order valence-corrected chi connectivity index (χ2v) is 4.66. The van der Waals surface area contributed by atoms with Gasteiger partial charge in [-0.25, -0.2) is 0 Å². The molecule has 0 bridgehead atoms. The molecule has 4 heteroatoms. The number of benzene rings is 1. The Morgan fingerprint density at radius 2 is 2.06 bits per heavy atom. The van der Waals surface area contributed by atoms with Crippen LogP contribution in [0.3, 0.4) is 0 Å². The molecule has 1 atom stereocenters. The van der Waals surface area contributed by atoms with Crippen LogP contribution in [0.15, 0.2) is 18.2 Å². The lowest BCUT2D eigenvalue weighted by molar-refractivity contribution is 0.171. The second kappa shape index (κ2) is 4.45. The molecule has 1 aromatic rings. The number of ether oxygens (including phenoxy) is 2. The highest BCUT2D eigenvalue weighted by Crippen LogP contribution is 2.35. The van der Waals surface area contributed by atoms with Gasteiger partial charge in [0, 0.05) is 24.8 Å². The van der Waals surface area contributed by atoms with Gasteiger partial charge in [0.15, 0.2) is 11.5 Å². The zero-order valence-electron chi connectivity index (χ0n) is 9.89. The first-order valence-electron chi connectivity index (χ1n) is 6.21. The first-order chi connectivity index (χ1) is 8.36. The summed E-state index contributed by atoms with van der Waals surface area (Å²) in [7, 11) is 0. The summed E-state index contributed by atoms with van der Waals surface area (Å²) < 4.78 is 11.1. The molecule has 17 heavy (non-hydrogen) atoms. The number of anilines is 1. The molecule has 1 aromatic carbocycles. The van der Waals surface area contributed by atoms with Gasteiger partial charge in [0.25, 0.3) is 0 Å². The molecule has 0 unspecified atom stereocenters. The molecule has 3 rings (SSSR count). The van der Waals surface area contributed by atoms with Crippen molar-refractivity contribution < 1.29 is 9.47 Å². The molecule has 2 N–H and O–H groups in total. The first-order valence-corrected chi connectivity index (χ1v) is 6.21. The Hall–Kier alpha value is -1.42. The zero-order valence-corrected chi connectivity index (χ0v) is 9.89. The number of fused-ring (bicyclic) bond motifs is 1. The van der Waals surface area contributed by atoms with Crippen LogP contribution in [0.1, 0.15) is 6.42 Å². The van der Waals surface area contributed by atoms with Crippen molar-refractivity contribution >= 4 is 5.69 Å². The van der Waals surface area contributed by atoms with Crippen molar-refractivity contribution in [2.75, 3.05) is 37.7 Å². The largest absolute Gasteiger partial charge is 0.486 e. The standard InChI is InChI=1S/C13H18N2O2/c14-8-10-3-4-15(9-10)11-1-2-12-13(7-11)17-6-5-16-12/h1-2,7,10H,3-6,8-9,14H2/t10-/m1/s1. The van der Waals surface area contributed by atoms with Crippen molar-refractivity contribution in [1.82, 2.24) is 0 Å². The van der Waals surface area contributed by atoms with Crippen molar-refractivity contribution in [3.05, 3.63) is 18.2 Å². The van der Waals surface area contributed by atoms with Crippen LogP contribution in [0.4, 0.5) is 5.69 Å². The normalized spacial score (nSPS) is 22.9. The maximum atomic E-state index is 5.71. The van der Waals surface area contributed by atoms with Gasteiger partial charge in [0.2, 0.25) is 0 Å². The quantitative estimate of drug-likeness (QED) is 0.836. The molecule has 2 aliphatic rings. The number of nitrogens with zero attached hydrogens (tertiary/aromatic N) is 1. The maximum absolute atomic E-state index is 5.71. The van der Waals surface area contributed by atoms with Crippen molar-refractivity contribution in [3.8, 4) is 11.5 Å². The Labute approximate surface area is 101 Å². The number of hydrogen-bond donors (Lipinski definition) is 1. The average Bonchev–Trinajstić information content (AvgIpc) is 2.87. The van der Waals surface area contributed by atoms with Crippen LogP contribution in [0.5, 0.6) is 11.5 Å². The van der Waals surface area contributed by atoms with E-state index in [0.29, 0.717) is 19.1 Å². The minimum atomic E-state index is 0.628. The van der Waals surface area contributed by atoms with E-state index in [4.69, 9.17) is 15.2 Å². The van der Waals surface area contributed by atoms with Gasteiger partial charge in [0.1, 0.15) is 13.2 Å². The summed E-state index contributed by atoms with van der Waals surface area (Å²) in [5.41, 5.74) is 6.93. The van der Waals surface area contributed by atoms with Gasteiger partial charge < -0.3 is 20.1 Å². The minimum absolute atomic E-state index is 0.628. The predicted octanol–water partition coefficient (Wildman–Crippen LogP) is 1.24. The molecule has 0 aliphatic carbocycles. The zero-order chi connectivity index (χ0) is 11.7. The third-order valence-electron chi connectivity index (χ3n) is 3.51. The molecule has 2 aliphatic heterocycles. The van der Waals surface area contributed by atoms with Gasteiger partial charge in [-0.1, -0.05) is 0 Å². The van der Waals surface area contributed by atoms with Gasteiger partial charge in [0.05, 0.1) is 0 Å². The molecule has 0 saturated carbocycles. The number of nitrogens with two attached hydrogens (primary N) is 1. The summed E-state index contributed by atoms with van der Waals surface area (Å²) in [4.78, 5) is 2.37. The van der Waals surface area contributed by atoms with E-state index in [1.807, 2.05) is 6.07 Å². The van der Waals surface area contributed by atoms with E-state index < -0.39 is 0 Å². The Morgan fingerprint density at radius 3 is 2.82 bits per heavy atom. The van der Waals surface area contributed by atoms with E-state index >= 15 is 0 Å². The monoisotopic (exact) mass is 234 g/mol. The van der Waals surface area contributed by atoms with Crippen molar-refractivity contribution in [3.63, 3.8) is 0 Å². The average molecular weight is 234 g/mol. The van der Waals surface area contributed by atoms with Gasteiger partial charge in [-0.2, -0.15) is 0 Å². The molecule has 2 heterocycles. The Bertz CT molecular complexity index is 408. The smallest absolute Gasteiger partial charge is 0.163 e. The van der Waals surface area contributed by atoms with Crippen LogP contribution in [-0.2, 0) is 0 Å². The highest BCUT2D eigenvalue weighted by Gasteiger charge is 2.22. The fourth-order valence-corrected chi connectivity index (χ4v) is 2.49. The summed E-state index contributed by atoms with van der Waals surface area (Å²) in [5.74, 6) is 2.35. The van der Waals surface area contributed by atoms with Gasteiger partial charge in [-0.05, 0) is 31.0 Å². The molecule has 1 fully saturated rings. The lowest BCUT2D eigenvalue weighted by Gasteiger charge is -2.23. The van der Waals surface area contributed by atoms with Crippen molar-refractivity contribution in [2.24, 2.45) is 11.7 Å². The SMILES string of the molecule is NC[C@H]1CCN(c2ccc3c(c2)OCCO3)C1. The highest BCUT2D eigenvalue weighted by atomic mass is 16.6. The topological polar surface area (TPSA) is 47.7 Å². The molecule has 92 valence electrons. The summed E-state index contributed by atoms with van der Waals surface area (Å²) >= 11 is 0. The summed E-state index contributed by atoms with van der Waals surface area (Å²) in [6.45, 7) is 4.20. The van der Waals surface area contributed by atoms with E-state index in [1.54, 1.807) is 0 Å². The van der Waals surface area contributed by atoms with E-state index in [9.17, 15) is 0 Å². The molecule has 0 aromatic heterocycles. The number of rotatable bonds is 2. The molecule has 0 amide bonds. The Kier molecular flexibility index (Phi) is 2.81. The Balaban J connectivity index is 1.79. The Morgan fingerprint density at radius 1 is 1.24 bits per heavy atom. The van der Waals surface area contributed by atoms with Crippen LogP contribution < -0.4 is 20.1 Å². The van der Waals surface area contributed by atoms with Crippen molar-refractivity contribution in [2.45, 2.75) is 6.42 Å². The third kappa shape index (κ3) is 2.05. The van der Waals surface area contributed by atoms with Crippen LogP contribution in [0.25, 0.3) is 0 Å². The van der Waals surface area contributed by atoms with E-state index in [-0.39, 0.29) is 0 Å². The maximum Gasteiger partial charge on any atom is 0.163 e. The number of hydrogen-bond acceptors (Lipinski definition) is 4. The lowest BCUT2D eigenvalue weighted by atomic mass is 10.1. The molecular weight excluding hydrogens is 216 g/mol. The summed E-state index contributed by atoms with van der Waals surface area (Å²) in [5, 5.41) is 0. The summed E-state index contributed by atoms with van der Waals surface area (Å²) in [6, 6.07) is 6.18. The lowest BCUT2D eigenvalue weighted by Crippen LogP contribution is -2.23. The molecule has 4 nitrogen and oxygen atoms in total. The fourth-order valence-electron chi connectivity index (χ4n) is 2.49. The van der Waals surface area contributed by atoms with E-state index in [1.165, 1.54) is 12.1 Å². The second-order valence-electron chi connectivity index (χ2n) is 4.66. The molecule has 0 spiro atoms. The van der Waals surface area contributed by atoms with Gasteiger partial charge >= 0.3 is 0 Å².